The van der Waals surface area contributed by atoms with Gasteiger partial charge in [-0.2, -0.15) is 18.3 Å². The van der Waals surface area contributed by atoms with E-state index in [4.69, 9.17) is 17.3 Å². The summed E-state index contributed by atoms with van der Waals surface area (Å²) in [4.78, 5) is 4.13. The molecule has 0 saturated carbocycles. The smallest absolute Gasteiger partial charge is 0.398 e. The van der Waals surface area contributed by atoms with Gasteiger partial charge in [-0.15, -0.1) is 0 Å². The first-order valence-electron chi connectivity index (χ1n) is 6.50. The van der Waals surface area contributed by atoms with Gasteiger partial charge in [0.2, 0.25) is 0 Å². The summed E-state index contributed by atoms with van der Waals surface area (Å²) in [5.41, 5.74) is 5.76. The Morgan fingerprint density at radius 2 is 1.83 bits per heavy atom. The first-order chi connectivity index (χ1) is 10.9. The van der Waals surface area contributed by atoms with Crippen molar-refractivity contribution < 1.29 is 13.2 Å². The number of nitrogen functional groups attached to an aromatic ring is 1. The van der Waals surface area contributed by atoms with Crippen LogP contribution in [0.4, 0.5) is 18.9 Å². The van der Waals surface area contributed by atoms with Gasteiger partial charge in [-0.05, 0) is 24.3 Å². The molecule has 8 heteroatoms. The average molecular weight is 339 g/mol. The molecule has 0 saturated heterocycles. The highest BCUT2D eigenvalue weighted by atomic mass is 35.5. The van der Waals surface area contributed by atoms with E-state index >= 15 is 0 Å². The van der Waals surface area contributed by atoms with Crippen LogP contribution in [0.5, 0.6) is 0 Å². The van der Waals surface area contributed by atoms with Crippen molar-refractivity contribution in [1.29, 1.82) is 0 Å². The SMILES string of the molecule is Nc1cc(-c2n[nH]c(-c3ccccc3C(F)(F)F)n2)ccc1Cl. The van der Waals surface area contributed by atoms with Crippen molar-refractivity contribution in [3.63, 3.8) is 0 Å². The molecule has 0 aliphatic rings. The Balaban J connectivity index is 2.05. The van der Waals surface area contributed by atoms with Crippen molar-refractivity contribution in [3.8, 4) is 22.8 Å². The van der Waals surface area contributed by atoms with Gasteiger partial charge >= 0.3 is 6.18 Å². The first kappa shape index (κ1) is 15.4. The highest BCUT2D eigenvalue weighted by molar-refractivity contribution is 6.33. The van der Waals surface area contributed by atoms with Crippen LogP contribution in [-0.4, -0.2) is 15.2 Å². The fraction of sp³-hybridized carbons (Fsp3) is 0.0667. The summed E-state index contributed by atoms with van der Waals surface area (Å²) in [6.45, 7) is 0. The Morgan fingerprint density at radius 1 is 1.09 bits per heavy atom. The number of H-pyrrole nitrogens is 1. The second-order valence-electron chi connectivity index (χ2n) is 4.79. The van der Waals surface area contributed by atoms with Gasteiger partial charge in [0.05, 0.1) is 16.3 Å². The van der Waals surface area contributed by atoms with Crippen molar-refractivity contribution in [1.82, 2.24) is 15.2 Å². The number of halogens is 4. The third-order valence-electron chi connectivity index (χ3n) is 3.23. The van der Waals surface area contributed by atoms with Gasteiger partial charge in [0.1, 0.15) is 0 Å². The van der Waals surface area contributed by atoms with Crippen LogP contribution in [0, 0.1) is 0 Å². The van der Waals surface area contributed by atoms with Gasteiger partial charge in [0.15, 0.2) is 11.6 Å². The predicted molar refractivity (Wildman–Crippen MR) is 81.7 cm³/mol. The van der Waals surface area contributed by atoms with E-state index in [0.29, 0.717) is 16.3 Å². The summed E-state index contributed by atoms with van der Waals surface area (Å²) >= 11 is 5.84. The van der Waals surface area contributed by atoms with Gasteiger partial charge < -0.3 is 5.73 Å². The van der Waals surface area contributed by atoms with E-state index in [1.54, 1.807) is 18.2 Å². The third-order valence-corrected chi connectivity index (χ3v) is 3.57. The number of hydrogen-bond donors (Lipinski definition) is 2. The van der Waals surface area contributed by atoms with Gasteiger partial charge in [0, 0.05) is 11.1 Å². The Kier molecular flexibility index (Phi) is 3.73. The minimum atomic E-state index is -4.48. The number of aromatic nitrogens is 3. The zero-order valence-corrected chi connectivity index (χ0v) is 12.3. The lowest BCUT2D eigenvalue weighted by molar-refractivity contribution is -0.137. The van der Waals surface area contributed by atoms with E-state index in [0.717, 1.165) is 6.07 Å². The number of rotatable bonds is 2. The molecule has 1 aromatic heterocycles. The lowest BCUT2D eigenvalue weighted by Gasteiger charge is -2.10. The van der Waals surface area contributed by atoms with Crippen LogP contribution in [0.3, 0.4) is 0 Å². The molecule has 0 unspecified atom stereocenters. The van der Waals surface area contributed by atoms with Crippen molar-refractivity contribution >= 4 is 17.3 Å². The molecule has 0 bridgehead atoms. The summed E-state index contributed by atoms with van der Waals surface area (Å²) in [6, 6.07) is 9.94. The third kappa shape index (κ3) is 3.00. The van der Waals surface area contributed by atoms with E-state index in [-0.39, 0.29) is 17.2 Å². The molecular formula is C15H10ClF3N4. The van der Waals surface area contributed by atoms with Gasteiger partial charge in [-0.25, -0.2) is 4.98 Å². The van der Waals surface area contributed by atoms with Crippen LogP contribution in [0.15, 0.2) is 42.5 Å². The second kappa shape index (κ2) is 5.58. The Morgan fingerprint density at radius 3 is 2.52 bits per heavy atom. The summed E-state index contributed by atoms with van der Waals surface area (Å²) in [7, 11) is 0. The maximum Gasteiger partial charge on any atom is 0.417 e. The van der Waals surface area contributed by atoms with E-state index in [1.165, 1.54) is 18.2 Å². The van der Waals surface area contributed by atoms with Crippen LogP contribution in [0.25, 0.3) is 22.8 Å². The Hall–Kier alpha value is -2.54. The molecule has 0 atom stereocenters. The number of aromatic amines is 1. The van der Waals surface area contributed by atoms with E-state index in [9.17, 15) is 13.2 Å². The Bertz CT molecular complexity index is 858. The average Bonchev–Trinajstić information content (AvgIpc) is 2.99. The summed E-state index contributed by atoms with van der Waals surface area (Å²) in [5, 5.41) is 6.87. The molecule has 118 valence electrons. The fourth-order valence-electron chi connectivity index (χ4n) is 2.13. The molecule has 0 spiro atoms. The lowest BCUT2D eigenvalue weighted by Crippen LogP contribution is -2.07. The molecule has 2 aromatic carbocycles. The molecule has 0 amide bonds. The normalized spacial score (nSPS) is 11.7. The number of hydrogen-bond acceptors (Lipinski definition) is 3. The van der Waals surface area contributed by atoms with Crippen molar-refractivity contribution in [3.05, 3.63) is 53.1 Å². The lowest BCUT2D eigenvalue weighted by atomic mass is 10.1. The minimum absolute atomic E-state index is 0.0291. The van der Waals surface area contributed by atoms with Crippen LogP contribution in [0.2, 0.25) is 5.02 Å². The number of nitrogens with one attached hydrogen (secondary N) is 1. The van der Waals surface area contributed by atoms with E-state index < -0.39 is 11.7 Å². The predicted octanol–water partition coefficient (Wildman–Crippen LogP) is 4.39. The molecule has 1 heterocycles. The van der Waals surface area contributed by atoms with Crippen LogP contribution < -0.4 is 5.73 Å². The number of benzene rings is 2. The molecule has 3 rings (SSSR count). The Labute approximate surface area is 134 Å². The highest BCUT2D eigenvalue weighted by Crippen LogP contribution is 2.36. The molecule has 0 radical (unpaired) electrons. The van der Waals surface area contributed by atoms with Gasteiger partial charge in [-0.1, -0.05) is 29.8 Å². The topological polar surface area (TPSA) is 67.6 Å². The van der Waals surface area contributed by atoms with E-state index in [2.05, 4.69) is 15.2 Å². The standard InChI is InChI=1S/C15H10ClF3N4/c16-11-6-5-8(7-12(11)20)13-21-14(23-22-13)9-3-1-2-4-10(9)15(17,18)19/h1-7H,20H2,(H,21,22,23). The van der Waals surface area contributed by atoms with Crippen molar-refractivity contribution in [2.75, 3.05) is 5.73 Å². The molecule has 4 nitrogen and oxygen atoms in total. The first-order valence-corrected chi connectivity index (χ1v) is 6.88. The minimum Gasteiger partial charge on any atom is -0.398 e. The quantitative estimate of drug-likeness (QED) is 0.681. The number of alkyl halides is 3. The highest BCUT2D eigenvalue weighted by Gasteiger charge is 2.34. The van der Waals surface area contributed by atoms with Gasteiger partial charge in [0.25, 0.3) is 0 Å². The molecule has 23 heavy (non-hydrogen) atoms. The van der Waals surface area contributed by atoms with Crippen molar-refractivity contribution in [2.24, 2.45) is 0 Å². The fourth-order valence-corrected chi connectivity index (χ4v) is 2.25. The molecular weight excluding hydrogens is 329 g/mol. The van der Waals surface area contributed by atoms with Gasteiger partial charge in [-0.3, -0.25) is 5.10 Å². The zero-order valence-electron chi connectivity index (χ0n) is 11.5. The van der Waals surface area contributed by atoms with Crippen LogP contribution in [-0.2, 0) is 6.18 Å². The maximum absolute atomic E-state index is 13.1. The summed E-state index contributed by atoms with van der Waals surface area (Å²) in [5.74, 6) is 0.266. The maximum atomic E-state index is 13.1. The summed E-state index contributed by atoms with van der Waals surface area (Å²) in [6.07, 6.45) is -4.48. The zero-order chi connectivity index (χ0) is 16.6. The number of nitrogens with two attached hydrogens (primary N) is 1. The largest absolute Gasteiger partial charge is 0.417 e. The number of nitrogens with zero attached hydrogens (tertiary/aromatic N) is 2. The molecule has 0 fully saturated rings. The molecule has 0 aliphatic heterocycles. The molecule has 3 N–H and O–H groups in total. The molecule has 0 aliphatic carbocycles. The molecule has 3 aromatic rings. The van der Waals surface area contributed by atoms with Crippen molar-refractivity contribution in [2.45, 2.75) is 6.18 Å². The second-order valence-corrected chi connectivity index (χ2v) is 5.19. The van der Waals surface area contributed by atoms with Crippen LogP contribution >= 0.6 is 11.6 Å². The number of anilines is 1. The van der Waals surface area contributed by atoms with E-state index in [1.807, 2.05) is 0 Å². The summed E-state index contributed by atoms with van der Waals surface area (Å²) < 4.78 is 39.2. The van der Waals surface area contributed by atoms with Crippen LogP contribution in [0.1, 0.15) is 5.56 Å². The monoisotopic (exact) mass is 338 g/mol.